The number of hydrogen-bond donors (Lipinski definition) is 0. The Kier molecular flexibility index (Phi) is 9.23. The Labute approximate surface area is 469 Å². The average molecular weight is 1030 g/mol. The zero-order valence-electron chi connectivity index (χ0n) is 43.6. The Morgan fingerprint density at radius 1 is 0.272 bits per heavy atom. The number of fused-ring (bicyclic) bond motifs is 20. The molecular weight excluding hydrogens is 990 g/mol. The molecule has 4 aliphatic heterocycles. The number of benzene rings is 12. The molecule has 0 N–H and O–H groups in total. The van der Waals surface area contributed by atoms with Gasteiger partial charge in [-0.25, -0.2) is 0 Å². The first-order valence-electron chi connectivity index (χ1n) is 27.8. The third-order valence-corrected chi connectivity index (χ3v) is 17.7. The van der Waals surface area contributed by atoms with E-state index in [4.69, 9.17) is 18.9 Å². The Morgan fingerprint density at radius 2 is 0.605 bits per heavy atom. The molecule has 0 unspecified atom stereocenters. The number of nitrogens with zero attached hydrogens (tertiary/aromatic N) is 2. The molecule has 4 heterocycles. The molecule has 8 heteroatoms. The molecule has 12 aromatic rings. The molecule has 0 atom stereocenters. The Bertz CT molecular complexity index is 4270. The van der Waals surface area contributed by atoms with Gasteiger partial charge in [-0.3, -0.25) is 0 Å². The van der Waals surface area contributed by atoms with Crippen molar-refractivity contribution in [3.63, 3.8) is 0 Å². The SMILES string of the molecule is c1ccc(B2c3ccccc3Oc3c2ccc2c3-c3cc(N4c5ccccc5Oc5ccccc54)ccc3C23c2ccc(N4c5ccccc5Oc5ccccc54)cc2-c2c3ccc3c2Oc2ccccc2B3c2ccccc2)cc1. The maximum Gasteiger partial charge on any atom is 0.250 e. The highest BCUT2D eigenvalue weighted by Gasteiger charge is 2.56. The molecule has 0 aromatic heterocycles. The van der Waals surface area contributed by atoms with Crippen LogP contribution in [0, 0.1) is 0 Å². The number of ether oxygens (including phenoxy) is 4. The molecule has 0 amide bonds. The van der Waals surface area contributed by atoms with Gasteiger partial charge in [0.05, 0.1) is 28.2 Å². The van der Waals surface area contributed by atoms with Crippen molar-refractivity contribution in [1.82, 2.24) is 0 Å². The average Bonchev–Trinajstić information content (AvgIpc) is 2.20. The summed E-state index contributed by atoms with van der Waals surface area (Å²) in [6.07, 6.45) is 0. The van der Waals surface area contributed by atoms with Crippen molar-refractivity contribution in [3.05, 3.63) is 289 Å². The fourth-order valence-electron chi connectivity index (χ4n) is 14.5. The lowest BCUT2D eigenvalue weighted by Gasteiger charge is -2.34. The Morgan fingerprint density at radius 3 is 1.00 bits per heavy atom. The predicted molar refractivity (Wildman–Crippen MR) is 327 cm³/mol. The van der Waals surface area contributed by atoms with Gasteiger partial charge >= 0.3 is 0 Å². The zero-order valence-corrected chi connectivity index (χ0v) is 43.6. The van der Waals surface area contributed by atoms with Gasteiger partial charge < -0.3 is 28.7 Å². The van der Waals surface area contributed by atoms with Gasteiger partial charge in [0, 0.05) is 22.5 Å². The second-order valence-corrected chi connectivity index (χ2v) is 21.7. The Hall–Kier alpha value is -10.4. The molecule has 0 saturated carbocycles. The van der Waals surface area contributed by atoms with Crippen molar-refractivity contribution in [3.8, 4) is 68.2 Å². The normalized spacial score (nSPS) is 14.3. The highest BCUT2D eigenvalue weighted by molar-refractivity contribution is 6.97. The van der Waals surface area contributed by atoms with Gasteiger partial charge in [-0.1, -0.05) is 193 Å². The third-order valence-electron chi connectivity index (χ3n) is 17.7. The van der Waals surface area contributed by atoms with Crippen LogP contribution in [0.3, 0.4) is 0 Å². The fourth-order valence-corrected chi connectivity index (χ4v) is 14.5. The number of para-hydroxylation sites is 10. The van der Waals surface area contributed by atoms with E-state index in [0.29, 0.717) is 0 Å². The molecule has 0 saturated heterocycles. The summed E-state index contributed by atoms with van der Waals surface area (Å²) in [4.78, 5) is 4.70. The van der Waals surface area contributed by atoms with Gasteiger partial charge in [0.1, 0.15) is 23.0 Å². The maximum absolute atomic E-state index is 7.49. The predicted octanol–water partition coefficient (Wildman–Crippen LogP) is 14.4. The minimum Gasteiger partial charge on any atom is -0.458 e. The quantitative estimate of drug-likeness (QED) is 0.164. The highest BCUT2D eigenvalue weighted by Crippen LogP contribution is 2.67. The van der Waals surface area contributed by atoms with E-state index in [1.165, 1.54) is 22.1 Å². The van der Waals surface area contributed by atoms with Crippen LogP contribution in [0.1, 0.15) is 22.3 Å². The van der Waals surface area contributed by atoms with Gasteiger partial charge in [-0.05, 0) is 140 Å². The van der Waals surface area contributed by atoms with Crippen molar-refractivity contribution in [1.29, 1.82) is 0 Å². The van der Waals surface area contributed by atoms with Crippen LogP contribution in [-0.2, 0) is 5.41 Å². The lowest BCUT2D eigenvalue weighted by molar-refractivity contribution is 0.477. The smallest absolute Gasteiger partial charge is 0.250 e. The fraction of sp³-hybridized carbons (Fsp3) is 0.0137. The van der Waals surface area contributed by atoms with E-state index >= 15 is 0 Å². The lowest BCUT2D eigenvalue weighted by atomic mass is 9.35. The molecule has 0 radical (unpaired) electrons. The molecule has 376 valence electrons. The van der Waals surface area contributed by atoms with Crippen molar-refractivity contribution in [2.75, 3.05) is 9.80 Å². The van der Waals surface area contributed by atoms with Crippen LogP contribution in [0.2, 0.25) is 0 Å². The molecule has 81 heavy (non-hydrogen) atoms. The molecule has 0 bridgehead atoms. The highest BCUT2D eigenvalue weighted by atomic mass is 16.5. The van der Waals surface area contributed by atoms with E-state index in [1.807, 2.05) is 24.3 Å². The van der Waals surface area contributed by atoms with E-state index < -0.39 is 5.41 Å². The minimum absolute atomic E-state index is 0.0713. The largest absolute Gasteiger partial charge is 0.458 e. The zero-order chi connectivity index (χ0) is 52.9. The molecule has 6 nitrogen and oxygen atoms in total. The molecule has 1 spiro atoms. The summed E-state index contributed by atoms with van der Waals surface area (Å²) in [5, 5.41) is 0. The second kappa shape index (κ2) is 16.8. The summed E-state index contributed by atoms with van der Waals surface area (Å²) >= 11 is 0. The summed E-state index contributed by atoms with van der Waals surface area (Å²) < 4.78 is 28.2. The van der Waals surface area contributed by atoms with Crippen molar-refractivity contribution in [2.45, 2.75) is 5.41 Å². The van der Waals surface area contributed by atoms with Crippen LogP contribution < -0.4 is 61.5 Å². The summed E-state index contributed by atoms with van der Waals surface area (Å²) in [5.74, 6) is 6.68. The van der Waals surface area contributed by atoms with Crippen LogP contribution in [0.15, 0.2) is 267 Å². The van der Waals surface area contributed by atoms with Crippen molar-refractivity contribution < 1.29 is 18.9 Å². The molecule has 6 aliphatic rings. The Balaban J connectivity index is 0.953. The maximum atomic E-state index is 7.49. The summed E-state index contributed by atoms with van der Waals surface area (Å²) in [6.45, 7) is -0.143. The number of anilines is 6. The standard InChI is InChI=1S/C73H44B2N2O4/c1-3-19-45(20-4-1)74-55-23-7-13-29-63(55)80-71-57(74)41-39-53-69(71)49-43-47(76-59-25-9-15-31-65(59)78-66-32-16-10-26-60(66)76)35-37-51(49)73(53)52-38-36-48(77-61-27-11-17-33-67(61)79-68-34-18-12-28-62(68)77)44-50(52)70-54(73)40-42-58-72(70)81-64-30-14-8-24-56(64)75(58)46-21-5-2-6-22-46/h1-44H. The van der Waals surface area contributed by atoms with Crippen molar-refractivity contribution >= 4 is 80.3 Å². The van der Waals surface area contributed by atoms with Crippen molar-refractivity contribution in [2.24, 2.45) is 0 Å². The van der Waals surface area contributed by atoms with Gasteiger partial charge in [-0.2, -0.15) is 0 Å². The molecule has 0 fully saturated rings. The molecular formula is C73H44B2N2O4. The molecule has 12 aromatic carbocycles. The third kappa shape index (κ3) is 6.13. The number of rotatable bonds is 4. The van der Waals surface area contributed by atoms with Gasteiger partial charge in [0.25, 0.3) is 13.4 Å². The van der Waals surface area contributed by atoms with E-state index in [9.17, 15) is 0 Å². The topological polar surface area (TPSA) is 43.4 Å². The first-order valence-corrected chi connectivity index (χ1v) is 27.8. The van der Waals surface area contributed by atoms with Crippen LogP contribution in [0.25, 0.3) is 22.3 Å². The van der Waals surface area contributed by atoms with Crippen LogP contribution in [0.4, 0.5) is 34.1 Å². The first-order chi connectivity index (χ1) is 40.2. The molecule has 18 rings (SSSR count). The summed E-state index contributed by atoms with van der Waals surface area (Å²) in [6, 6.07) is 96.0. The summed E-state index contributed by atoms with van der Waals surface area (Å²) in [7, 11) is 0. The van der Waals surface area contributed by atoms with Gasteiger partial charge in [-0.15, -0.1) is 0 Å². The van der Waals surface area contributed by atoms with Gasteiger partial charge in [0.15, 0.2) is 23.0 Å². The van der Waals surface area contributed by atoms with Crippen LogP contribution in [0.5, 0.6) is 46.0 Å². The van der Waals surface area contributed by atoms with Crippen LogP contribution >= 0.6 is 0 Å². The lowest BCUT2D eigenvalue weighted by Crippen LogP contribution is -2.55. The van der Waals surface area contributed by atoms with E-state index in [0.717, 1.165) is 135 Å². The van der Waals surface area contributed by atoms with Gasteiger partial charge in [0.2, 0.25) is 0 Å². The second-order valence-electron chi connectivity index (χ2n) is 21.7. The van der Waals surface area contributed by atoms with E-state index in [2.05, 4.69) is 252 Å². The van der Waals surface area contributed by atoms with E-state index in [1.54, 1.807) is 0 Å². The first kappa shape index (κ1) is 44.5. The summed E-state index contributed by atoms with van der Waals surface area (Å²) in [5.41, 5.74) is 21.1. The van der Waals surface area contributed by atoms with E-state index in [-0.39, 0.29) is 13.4 Å². The number of hydrogen-bond acceptors (Lipinski definition) is 6. The molecule has 2 aliphatic carbocycles. The monoisotopic (exact) mass is 1030 g/mol. The minimum atomic E-state index is -0.830. The van der Waals surface area contributed by atoms with Crippen LogP contribution in [-0.4, -0.2) is 13.4 Å².